The van der Waals surface area contributed by atoms with Gasteiger partial charge in [-0.15, -0.1) is 10.2 Å². The molecule has 0 spiro atoms. The van der Waals surface area contributed by atoms with Gasteiger partial charge < -0.3 is 10.4 Å². The van der Waals surface area contributed by atoms with E-state index in [-0.39, 0.29) is 11.5 Å². The predicted molar refractivity (Wildman–Crippen MR) is 122 cm³/mol. The minimum absolute atomic E-state index is 0.124. The molecular formula is C23H22N4O3S. The lowest BCUT2D eigenvalue weighted by Gasteiger charge is -2.15. The molecule has 2 N–H and O–H groups in total. The van der Waals surface area contributed by atoms with E-state index < -0.39 is 11.2 Å². The number of nitrogens with one attached hydrogen (secondary N) is 1. The second-order valence-electron chi connectivity index (χ2n) is 7.36. The molecule has 2 aromatic carbocycles. The standard InChI is InChI=1S/C23H22N4O3S/c1-4-18(21(28)24-16-9-6-8-15(12-16)22(29)30)31-23-26-25-19-11-14(3)17-10-5-7-13(2)20(17)27(19)23/h5-12,18H,4H2,1-3H3,(H,24,28)(H,29,30). The van der Waals surface area contributed by atoms with Crippen LogP contribution in [0.15, 0.2) is 53.7 Å². The van der Waals surface area contributed by atoms with Gasteiger partial charge in [-0.1, -0.05) is 43.0 Å². The predicted octanol–water partition coefficient (Wildman–Crippen LogP) is 4.71. The van der Waals surface area contributed by atoms with Crippen LogP contribution in [0.3, 0.4) is 0 Å². The zero-order valence-corrected chi connectivity index (χ0v) is 18.2. The third-order valence-electron chi connectivity index (χ3n) is 5.18. The molecule has 31 heavy (non-hydrogen) atoms. The van der Waals surface area contributed by atoms with Crippen molar-refractivity contribution in [2.45, 2.75) is 37.6 Å². The lowest BCUT2D eigenvalue weighted by molar-refractivity contribution is -0.115. The molecule has 2 heterocycles. The highest BCUT2D eigenvalue weighted by Crippen LogP contribution is 2.31. The molecule has 7 nitrogen and oxygen atoms in total. The molecule has 0 saturated carbocycles. The van der Waals surface area contributed by atoms with E-state index >= 15 is 0 Å². The van der Waals surface area contributed by atoms with Crippen molar-refractivity contribution >= 4 is 45.9 Å². The molecule has 0 saturated heterocycles. The van der Waals surface area contributed by atoms with E-state index in [2.05, 4.69) is 41.5 Å². The fourth-order valence-electron chi connectivity index (χ4n) is 3.61. The number of anilines is 1. The molecular weight excluding hydrogens is 412 g/mol. The van der Waals surface area contributed by atoms with E-state index in [9.17, 15) is 9.59 Å². The molecule has 8 heteroatoms. The molecule has 158 valence electrons. The smallest absolute Gasteiger partial charge is 0.335 e. The molecule has 0 aliphatic rings. The Kier molecular flexibility index (Phi) is 5.65. The van der Waals surface area contributed by atoms with Gasteiger partial charge in [0.2, 0.25) is 5.91 Å². The molecule has 2 aromatic heterocycles. The first-order valence-electron chi connectivity index (χ1n) is 9.94. The number of fused-ring (bicyclic) bond motifs is 3. The number of thioether (sulfide) groups is 1. The average molecular weight is 435 g/mol. The SMILES string of the molecule is CCC(Sc1nnc2cc(C)c3cccc(C)c3n12)C(=O)Nc1cccc(C(=O)O)c1. The molecule has 0 radical (unpaired) electrons. The van der Waals surface area contributed by atoms with E-state index in [4.69, 9.17) is 5.11 Å². The number of carboxylic acids is 1. The fraction of sp³-hybridized carbons (Fsp3) is 0.217. The van der Waals surface area contributed by atoms with Gasteiger partial charge in [0.1, 0.15) is 0 Å². The number of benzene rings is 2. The number of aromatic carboxylic acids is 1. The Hall–Kier alpha value is -3.39. The number of carbonyl (C=O) groups excluding carboxylic acids is 1. The summed E-state index contributed by atoms with van der Waals surface area (Å²) in [5.41, 5.74) is 4.58. The summed E-state index contributed by atoms with van der Waals surface area (Å²) >= 11 is 1.35. The van der Waals surface area contributed by atoms with Crippen LogP contribution in [0, 0.1) is 13.8 Å². The van der Waals surface area contributed by atoms with Gasteiger partial charge in [0.05, 0.1) is 16.3 Å². The fourth-order valence-corrected chi connectivity index (χ4v) is 4.57. The molecule has 4 aromatic rings. The molecule has 0 bridgehead atoms. The third-order valence-corrected chi connectivity index (χ3v) is 6.49. The highest BCUT2D eigenvalue weighted by molar-refractivity contribution is 8.00. The summed E-state index contributed by atoms with van der Waals surface area (Å²) in [6.45, 7) is 6.04. The van der Waals surface area contributed by atoms with Gasteiger partial charge >= 0.3 is 5.97 Å². The highest BCUT2D eigenvalue weighted by atomic mass is 32.2. The van der Waals surface area contributed by atoms with Crippen LogP contribution >= 0.6 is 11.8 Å². The van der Waals surface area contributed by atoms with Crippen molar-refractivity contribution in [2.24, 2.45) is 0 Å². The van der Waals surface area contributed by atoms with Crippen LogP contribution in [0.1, 0.15) is 34.8 Å². The Bertz CT molecular complexity index is 1320. The Morgan fingerprint density at radius 2 is 1.87 bits per heavy atom. The number of aromatic nitrogens is 3. The Morgan fingerprint density at radius 3 is 2.61 bits per heavy atom. The van der Waals surface area contributed by atoms with Crippen LogP contribution in [0.5, 0.6) is 0 Å². The number of para-hydroxylation sites is 1. The zero-order chi connectivity index (χ0) is 22.1. The van der Waals surface area contributed by atoms with Crippen molar-refractivity contribution in [3.63, 3.8) is 0 Å². The van der Waals surface area contributed by atoms with Gasteiger partial charge in [-0.2, -0.15) is 0 Å². The maximum Gasteiger partial charge on any atom is 0.335 e. The minimum atomic E-state index is -1.04. The van der Waals surface area contributed by atoms with Crippen LogP contribution in [0.25, 0.3) is 16.6 Å². The second kappa shape index (κ2) is 8.39. The Balaban J connectivity index is 1.67. The van der Waals surface area contributed by atoms with E-state index in [1.807, 2.05) is 23.5 Å². The number of rotatable bonds is 6. The molecule has 1 atom stereocenters. The Morgan fingerprint density at radius 1 is 1.10 bits per heavy atom. The average Bonchev–Trinajstić information content (AvgIpc) is 3.14. The number of carboxylic acid groups (broad SMARTS) is 1. The first-order valence-corrected chi connectivity index (χ1v) is 10.8. The first-order chi connectivity index (χ1) is 14.9. The largest absolute Gasteiger partial charge is 0.478 e. The first kappa shape index (κ1) is 20.9. The van der Waals surface area contributed by atoms with Gasteiger partial charge in [0.15, 0.2) is 10.8 Å². The summed E-state index contributed by atoms with van der Waals surface area (Å²) < 4.78 is 2.00. The monoisotopic (exact) mass is 434 g/mol. The van der Waals surface area contributed by atoms with E-state index in [1.54, 1.807) is 12.1 Å². The summed E-state index contributed by atoms with van der Waals surface area (Å²) in [6, 6.07) is 14.4. The summed E-state index contributed by atoms with van der Waals surface area (Å²) in [6.07, 6.45) is 0.576. The van der Waals surface area contributed by atoms with E-state index in [0.29, 0.717) is 17.3 Å². The van der Waals surface area contributed by atoms with Crippen LogP contribution in [-0.2, 0) is 4.79 Å². The van der Waals surface area contributed by atoms with Gasteiger partial charge in [-0.25, -0.2) is 4.79 Å². The highest BCUT2D eigenvalue weighted by Gasteiger charge is 2.22. The van der Waals surface area contributed by atoms with Crippen molar-refractivity contribution in [1.82, 2.24) is 14.6 Å². The summed E-state index contributed by atoms with van der Waals surface area (Å²) in [5, 5.41) is 22.0. The van der Waals surface area contributed by atoms with Crippen molar-refractivity contribution in [3.8, 4) is 0 Å². The summed E-state index contributed by atoms with van der Waals surface area (Å²) in [4.78, 5) is 24.1. The zero-order valence-electron chi connectivity index (χ0n) is 17.4. The third kappa shape index (κ3) is 3.98. The summed E-state index contributed by atoms with van der Waals surface area (Å²) in [7, 11) is 0. The number of hydrogen-bond donors (Lipinski definition) is 2. The maximum absolute atomic E-state index is 12.9. The number of aryl methyl sites for hydroxylation is 2. The molecule has 0 aliphatic carbocycles. The van der Waals surface area contributed by atoms with Gasteiger partial charge in [-0.05, 0) is 55.7 Å². The van der Waals surface area contributed by atoms with Crippen molar-refractivity contribution < 1.29 is 14.7 Å². The van der Waals surface area contributed by atoms with Crippen molar-refractivity contribution in [1.29, 1.82) is 0 Å². The van der Waals surface area contributed by atoms with Gasteiger partial charge in [0, 0.05) is 11.1 Å². The molecule has 0 aliphatic heterocycles. The van der Waals surface area contributed by atoms with Gasteiger partial charge in [-0.3, -0.25) is 9.20 Å². The van der Waals surface area contributed by atoms with Crippen LogP contribution < -0.4 is 5.32 Å². The van der Waals surface area contributed by atoms with E-state index in [0.717, 1.165) is 27.7 Å². The number of carbonyl (C=O) groups is 2. The van der Waals surface area contributed by atoms with Crippen molar-refractivity contribution in [2.75, 3.05) is 5.32 Å². The van der Waals surface area contributed by atoms with Crippen LogP contribution in [0.2, 0.25) is 0 Å². The quantitative estimate of drug-likeness (QED) is 0.427. The maximum atomic E-state index is 12.9. The Labute approximate surface area is 183 Å². The van der Waals surface area contributed by atoms with E-state index in [1.165, 1.54) is 23.9 Å². The minimum Gasteiger partial charge on any atom is -0.478 e. The molecule has 1 amide bonds. The number of nitrogens with zero attached hydrogens (tertiary/aromatic N) is 3. The van der Waals surface area contributed by atoms with Crippen LogP contribution in [0.4, 0.5) is 5.69 Å². The van der Waals surface area contributed by atoms with Crippen LogP contribution in [-0.4, -0.2) is 36.8 Å². The van der Waals surface area contributed by atoms with Gasteiger partial charge in [0.25, 0.3) is 0 Å². The molecule has 1 unspecified atom stereocenters. The molecule has 0 fully saturated rings. The summed E-state index contributed by atoms with van der Waals surface area (Å²) in [5.74, 6) is -1.25. The normalized spacial score (nSPS) is 12.2. The topological polar surface area (TPSA) is 96.6 Å². The number of amides is 1. The van der Waals surface area contributed by atoms with Crippen molar-refractivity contribution in [3.05, 3.63) is 65.2 Å². The number of pyridine rings is 1. The number of hydrogen-bond acceptors (Lipinski definition) is 5. The lowest BCUT2D eigenvalue weighted by atomic mass is 10.1. The lowest BCUT2D eigenvalue weighted by Crippen LogP contribution is -2.25. The second-order valence-corrected chi connectivity index (χ2v) is 8.53. The molecule has 4 rings (SSSR count).